The maximum absolute atomic E-state index is 5.34. The molecule has 0 bridgehead atoms. The highest BCUT2D eigenvalue weighted by Gasteiger charge is 2.21. The Balaban J connectivity index is 1.28. The number of fused-ring (bicyclic) bond motifs is 10. The van der Waals surface area contributed by atoms with E-state index < -0.39 is 0 Å². The number of hydrogen-bond donors (Lipinski definition) is 0. The van der Waals surface area contributed by atoms with Crippen LogP contribution in [0.2, 0.25) is 0 Å². The van der Waals surface area contributed by atoms with Gasteiger partial charge in [0.05, 0.1) is 22.1 Å². The third-order valence-corrected chi connectivity index (χ3v) is 10.4. The summed E-state index contributed by atoms with van der Waals surface area (Å²) in [5.74, 6) is 0.833. The fraction of sp³-hybridized carbons (Fsp3) is 0. The zero-order valence-corrected chi connectivity index (χ0v) is 25.5. The van der Waals surface area contributed by atoms with Crippen molar-refractivity contribution in [1.29, 1.82) is 0 Å². The Hall–Kier alpha value is -5.84. The molecule has 0 radical (unpaired) electrons. The minimum Gasteiger partial charge on any atom is -0.292 e. The van der Waals surface area contributed by atoms with Gasteiger partial charge in [0.1, 0.15) is 5.69 Å². The van der Waals surface area contributed by atoms with Crippen molar-refractivity contribution in [1.82, 2.24) is 14.5 Å². The fourth-order valence-corrected chi connectivity index (χ4v) is 8.31. The van der Waals surface area contributed by atoms with E-state index >= 15 is 0 Å². The van der Waals surface area contributed by atoms with Crippen LogP contribution in [0.1, 0.15) is 0 Å². The Morgan fingerprint density at radius 1 is 0.413 bits per heavy atom. The molecule has 3 aromatic heterocycles. The average Bonchev–Trinajstić information content (AvgIpc) is 3.68. The van der Waals surface area contributed by atoms with Gasteiger partial charge >= 0.3 is 0 Å². The molecule has 0 fully saturated rings. The molecule has 0 atom stereocenters. The maximum Gasteiger partial charge on any atom is 0.165 e. The van der Waals surface area contributed by atoms with Crippen molar-refractivity contribution in [3.63, 3.8) is 0 Å². The van der Waals surface area contributed by atoms with Gasteiger partial charge < -0.3 is 0 Å². The molecule has 0 N–H and O–H groups in total. The minimum absolute atomic E-state index is 0.833. The van der Waals surface area contributed by atoms with Crippen LogP contribution in [0, 0.1) is 0 Å². The molecule has 4 heteroatoms. The average molecular weight is 604 g/mol. The Labute approximate surface area is 268 Å². The molecule has 10 aromatic rings. The second kappa shape index (κ2) is 9.83. The van der Waals surface area contributed by atoms with Crippen LogP contribution < -0.4 is 0 Å². The summed E-state index contributed by atoms with van der Waals surface area (Å²) >= 11 is 1.88. The van der Waals surface area contributed by atoms with Crippen LogP contribution in [0.25, 0.3) is 92.0 Å². The minimum atomic E-state index is 0.833. The van der Waals surface area contributed by atoms with E-state index in [1.165, 1.54) is 52.8 Å². The van der Waals surface area contributed by atoms with Gasteiger partial charge in [-0.2, -0.15) is 0 Å². The molecule has 46 heavy (non-hydrogen) atoms. The zero-order valence-electron chi connectivity index (χ0n) is 24.7. The molecule has 3 nitrogen and oxygen atoms in total. The number of nitrogens with zero attached hydrogens (tertiary/aromatic N) is 3. The van der Waals surface area contributed by atoms with Gasteiger partial charge in [-0.1, -0.05) is 121 Å². The highest BCUT2D eigenvalue weighted by Crippen LogP contribution is 2.44. The van der Waals surface area contributed by atoms with Crippen LogP contribution in [0.5, 0.6) is 0 Å². The summed E-state index contributed by atoms with van der Waals surface area (Å²) in [5, 5.41) is 7.64. The summed E-state index contributed by atoms with van der Waals surface area (Å²) in [6.45, 7) is 0. The third kappa shape index (κ3) is 3.71. The van der Waals surface area contributed by atoms with Crippen molar-refractivity contribution in [3.05, 3.63) is 152 Å². The quantitative estimate of drug-likeness (QED) is 0.201. The first-order valence-electron chi connectivity index (χ1n) is 15.5. The molecule has 0 amide bonds. The van der Waals surface area contributed by atoms with Gasteiger partial charge in [0, 0.05) is 41.9 Å². The molecular weight excluding hydrogens is 579 g/mol. The van der Waals surface area contributed by atoms with Gasteiger partial charge in [-0.05, 0) is 46.8 Å². The number of para-hydroxylation sites is 3. The molecule has 0 unspecified atom stereocenters. The van der Waals surface area contributed by atoms with E-state index in [0.29, 0.717) is 0 Å². The van der Waals surface area contributed by atoms with Gasteiger partial charge in [0.2, 0.25) is 0 Å². The highest BCUT2D eigenvalue weighted by atomic mass is 32.1. The Bertz CT molecular complexity index is 2790. The van der Waals surface area contributed by atoms with Crippen molar-refractivity contribution < 1.29 is 0 Å². The summed E-state index contributed by atoms with van der Waals surface area (Å²) in [5.41, 5.74) is 8.27. The van der Waals surface area contributed by atoms with E-state index in [0.717, 1.165) is 39.1 Å². The van der Waals surface area contributed by atoms with Crippen LogP contribution in [0.4, 0.5) is 0 Å². The Morgan fingerprint density at radius 2 is 1.02 bits per heavy atom. The first-order chi connectivity index (χ1) is 22.8. The fourth-order valence-electron chi connectivity index (χ4n) is 7.08. The lowest BCUT2D eigenvalue weighted by Gasteiger charge is -2.14. The molecule has 0 spiro atoms. The number of thiophene rings is 1. The van der Waals surface area contributed by atoms with E-state index in [1.54, 1.807) is 0 Å². The van der Waals surface area contributed by atoms with Crippen molar-refractivity contribution in [2.24, 2.45) is 0 Å². The van der Waals surface area contributed by atoms with E-state index in [9.17, 15) is 0 Å². The van der Waals surface area contributed by atoms with Crippen LogP contribution in [-0.2, 0) is 0 Å². The smallest absolute Gasteiger partial charge is 0.165 e. The summed E-state index contributed by atoms with van der Waals surface area (Å²) in [4.78, 5) is 10.6. The van der Waals surface area contributed by atoms with E-state index in [4.69, 9.17) is 9.97 Å². The molecular formula is C42H25N3S. The second-order valence-corrected chi connectivity index (χ2v) is 12.8. The normalized spacial score (nSPS) is 11.9. The molecule has 214 valence electrons. The van der Waals surface area contributed by atoms with E-state index in [1.807, 2.05) is 29.5 Å². The molecule has 0 aliphatic heterocycles. The number of rotatable bonds is 3. The largest absolute Gasteiger partial charge is 0.292 e. The van der Waals surface area contributed by atoms with Crippen molar-refractivity contribution in [2.75, 3.05) is 0 Å². The topological polar surface area (TPSA) is 30.7 Å². The first kappa shape index (κ1) is 25.5. The van der Waals surface area contributed by atoms with Crippen LogP contribution >= 0.6 is 11.3 Å². The van der Waals surface area contributed by atoms with Crippen LogP contribution in [0.3, 0.4) is 0 Å². The predicted molar refractivity (Wildman–Crippen MR) is 195 cm³/mol. The van der Waals surface area contributed by atoms with Crippen molar-refractivity contribution >= 4 is 75.1 Å². The van der Waals surface area contributed by atoms with Gasteiger partial charge in [-0.15, -0.1) is 11.3 Å². The molecule has 3 heterocycles. The van der Waals surface area contributed by atoms with E-state index in [2.05, 4.69) is 138 Å². The van der Waals surface area contributed by atoms with Gasteiger partial charge in [-0.3, -0.25) is 4.57 Å². The lowest BCUT2D eigenvalue weighted by Crippen LogP contribution is -2.03. The van der Waals surface area contributed by atoms with Crippen LogP contribution in [-0.4, -0.2) is 14.5 Å². The molecule has 0 aliphatic rings. The summed E-state index contributed by atoms with van der Waals surface area (Å²) in [7, 11) is 0. The Morgan fingerprint density at radius 3 is 1.87 bits per heavy atom. The summed E-state index contributed by atoms with van der Waals surface area (Å²) in [6.07, 6.45) is 0. The zero-order chi connectivity index (χ0) is 30.2. The summed E-state index contributed by atoms with van der Waals surface area (Å²) < 4.78 is 4.98. The predicted octanol–water partition coefficient (Wildman–Crippen LogP) is 11.6. The lowest BCUT2D eigenvalue weighted by atomic mass is 10.0. The summed E-state index contributed by atoms with van der Waals surface area (Å²) in [6, 6.07) is 54.0. The molecule has 10 rings (SSSR count). The SMILES string of the molecule is c1ccc(-c2ccc(-c3nc4ccccc4nc3-n3c4ccccc4c4c5ccc6c7ccccc7sc6c5ccc43)cc2)cc1. The standard InChI is InChI=1S/C42H25N3S/c1-2-10-26(11-3-1)27-18-20-28(21-19-27)40-42(44-35-15-7-6-14-34(35)43-40)45-36-16-8-4-13-33(36)39-30-22-23-31-29-12-5-9-17-38(29)46-41(31)32(30)24-25-37(39)45/h1-25H. The Kier molecular flexibility index (Phi) is 5.45. The van der Waals surface area contributed by atoms with Crippen molar-refractivity contribution in [2.45, 2.75) is 0 Å². The highest BCUT2D eigenvalue weighted by molar-refractivity contribution is 7.26. The first-order valence-corrected chi connectivity index (χ1v) is 16.3. The molecule has 0 saturated heterocycles. The van der Waals surface area contributed by atoms with Gasteiger partial charge in [0.25, 0.3) is 0 Å². The lowest BCUT2D eigenvalue weighted by molar-refractivity contribution is 1.08. The molecule has 0 saturated carbocycles. The molecule has 0 aliphatic carbocycles. The van der Waals surface area contributed by atoms with Gasteiger partial charge in [0.15, 0.2) is 5.82 Å². The van der Waals surface area contributed by atoms with Crippen molar-refractivity contribution in [3.8, 4) is 28.2 Å². The third-order valence-electron chi connectivity index (χ3n) is 9.20. The second-order valence-electron chi connectivity index (χ2n) is 11.8. The van der Waals surface area contributed by atoms with Crippen LogP contribution in [0.15, 0.2) is 152 Å². The molecule has 7 aromatic carbocycles. The maximum atomic E-state index is 5.34. The number of aromatic nitrogens is 3. The number of hydrogen-bond acceptors (Lipinski definition) is 3. The van der Waals surface area contributed by atoms with Gasteiger partial charge in [-0.25, -0.2) is 9.97 Å². The monoisotopic (exact) mass is 603 g/mol. The number of benzene rings is 7. The van der Waals surface area contributed by atoms with E-state index in [-0.39, 0.29) is 0 Å².